The van der Waals surface area contributed by atoms with Crippen LogP contribution in [-0.4, -0.2) is 31.5 Å². The molecule has 4 aromatic rings. The summed E-state index contributed by atoms with van der Waals surface area (Å²) in [6.45, 7) is 5.46. The van der Waals surface area contributed by atoms with Crippen LogP contribution in [0.1, 0.15) is 36.0 Å². The number of aliphatic carboxylic acids is 1. The first-order chi connectivity index (χ1) is 16.8. The number of hydrogen-bond acceptors (Lipinski definition) is 6. The third-order valence-corrected chi connectivity index (χ3v) is 6.52. The predicted molar refractivity (Wildman–Crippen MR) is 138 cm³/mol. The predicted octanol–water partition coefficient (Wildman–Crippen LogP) is 4.80. The van der Waals surface area contributed by atoms with Gasteiger partial charge in [-0.3, -0.25) is 23.9 Å². The molecule has 0 saturated carbocycles. The molecule has 1 amide bonds. The van der Waals surface area contributed by atoms with E-state index < -0.39 is 5.97 Å². The molecule has 0 aliphatic rings. The first-order valence-corrected chi connectivity index (χ1v) is 11.9. The SMILES string of the molecule is CC(=O)N(c1nc(/C=C/c2nc3ccccc3c(=O)n2CCC(=O)O)cs1)c1cccc(C)c1C. The topological polar surface area (TPSA) is 105 Å². The highest BCUT2D eigenvalue weighted by atomic mass is 32.1. The van der Waals surface area contributed by atoms with E-state index >= 15 is 0 Å². The van der Waals surface area contributed by atoms with Crippen molar-refractivity contribution in [1.29, 1.82) is 0 Å². The molecule has 0 aliphatic carbocycles. The maximum Gasteiger partial charge on any atom is 0.305 e. The van der Waals surface area contributed by atoms with Crippen molar-refractivity contribution in [2.45, 2.75) is 33.7 Å². The third-order valence-electron chi connectivity index (χ3n) is 5.68. The van der Waals surface area contributed by atoms with Crippen LogP contribution in [0.15, 0.2) is 52.6 Å². The molecule has 35 heavy (non-hydrogen) atoms. The average molecular weight is 489 g/mol. The van der Waals surface area contributed by atoms with Crippen LogP contribution < -0.4 is 10.5 Å². The lowest BCUT2D eigenvalue weighted by Crippen LogP contribution is -2.25. The molecule has 178 valence electrons. The van der Waals surface area contributed by atoms with Crippen LogP contribution in [0.2, 0.25) is 0 Å². The first-order valence-electron chi connectivity index (χ1n) is 11.0. The summed E-state index contributed by atoms with van der Waals surface area (Å²) in [5, 5.41) is 11.9. The quantitative estimate of drug-likeness (QED) is 0.401. The second-order valence-electron chi connectivity index (χ2n) is 8.05. The zero-order valence-electron chi connectivity index (χ0n) is 19.6. The van der Waals surface area contributed by atoms with Crippen LogP contribution in [0.3, 0.4) is 0 Å². The molecule has 1 N–H and O–H groups in total. The van der Waals surface area contributed by atoms with E-state index in [1.807, 2.05) is 37.4 Å². The van der Waals surface area contributed by atoms with Gasteiger partial charge in [-0.2, -0.15) is 0 Å². The number of carboxylic acid groups (broad SMARTS) is 1. The lowest BCUT2D eigenvalue weighted by molar-refractivity contribution is -0.137. The number of carbonyl (C=O) groups is 2. The van der Waals surface area contributed by atoms with E-state index in [2.05, 4.69) is 9.97 Å². The third kappa shape index (κ3) is 5.04. The van der Waals surface area contributed by atoms with Gasteiger partial charge in [-0.25, -0.2) is 9.97 Å². The average Bonchev–Trinajstić information content (AvgIpc) is 3.28. The normalized spacial score (nSPS) is 11.3. The number of carboxylic acids is 1. The number of fused-ring (bicyclic) bond motifs is 1. The second-order valence-corrected chi connectivity index (χ2v) is 8.89. The Bertz CT molecular complexity index is 1520. The number of hydrogen-bond donors (Lipinski definition) is 1. The first kappa shape index (κ1) is 24.0. The highest BCUT2D eigenvalue weighted by molar-refractivity contribution is 7.14. The van der Waals surface area contributed by atoms with Crippen molar-refractivity contribution < 1.29 is 14.7 Å². The van der Waals surface area contributed by atoms with Crippen LogP contribution in [0.5, 0.6) is 0 Å². The number of para-hydroxylation sites is 1. The van der Waals surface area contributed by atoms with Gasteiger partial charge < -0.3 is 5.11 Å². The van der Waals surface area contributed by atoms with Crippen molar-refractivity contribution in [3.05, 3.63) is 80.8 Å². The molecule has 0 atom stereocenters. The molecule has 2 aromatic carbocycles. The number of aromatic nitrogens is 3. The number of carbonyl (C=O) groups excluding carboxylic acids is 1. The number of thiazole rings is 1. The van der Waals surface area contributed by atoms with Gasteiger partial charge in [-0.1, -0.05) is 24.3 Å². The van der Waals surface area contributed by atoms with Crippen molar-refractivity contribution in [2.24, 2.45) is 0 Å². The molecule has 0 unspecified atom stereocenters. The van der Waals surface area contributed by atoms with Gasteiger partial charge in [0.2, 0.25) is 5.91 Å². The summed E-state index contributed by atoms with van der Waals surface area (Å²) in [6.07, 6.45) is 3.14. The van der Waals surface area contributed by atoms with Crippen LogP contribution in [0, 0.1) is 13.8 Å². The molecule has 4 rings (SSSR count). The number of anilines is 2. The van der Waals surface area contributed by atoms with E-state index in [1.54, 1.807) is 41.3 Å². The number of aryl methyl sites for hydroxylation is 1. The Kier molecular flexibility index (Phi) is 6.88. The molecule has 0 fully saturated rings. The maximum absolute atomic E-state index is 13.0. The molecule has 8 nitrogen and oxygen atoms in total. The Morgan fingerprint density at radius 2 is 1.86 bits per heavy atom. The molecule has 0 radical (unpaired) electrons. The van der Waals surface area contributed by atoms with Gasteiger partial charge in [0.05, 0.1) is 28.7 Å². The minimum absolute atomic E-state index is 0.00125. The summed E-state index contributed by atoms with van der Waals surface area (Å²) in [5.74, 6) is -0.815. The van der Waals surface area contributed by atoms with Crippen LogP contribution in [0.4, 0.5) is 10.8 Å². The van der Waals surface area contributed by atoms with Crippen molar-refractivity contribution in [3.8, 4) is 0 Å². The van der Waals surface area contributed by atoms with Crippen LogP contribution >= 0.6 is 11.3 Å². The summed E-state index contributed by atoms with van der Waals surface area (Å²) in [4.78, 5) is 47.4. The fraction of sp³-hybridized carbons (Fsp3) is 0.192. The maximum atomic E-state index is 13.0. The molecule has 0 aliphatic heterocycles. The van der Waals surface area contributed by atoms with Crippen molar-refractivity contribution in [2.75, 3.05) is 4.90 Å². The van der Waals surface area contributed by atoms with Gasteiger partial charge in [0.25, 0.3) is 5.56 Å². The van der Waals surface area contributed by atoms with E-state index in [1.165, 1.54) is 22.8 Å². The molecule has 0 spiro atoms. The number of nitrogens with zero attached hydrogens (tertiary/aromatic N) is 4. The molecular formula is C26H24N4O4S. The Labute approximate surface area is 205 Å². The van der Waals surface area contributed by atoms with E-state index in [0.717, 1.165) is 16.8 Å². The van der Waals surface area contributed by atoms with Gasteiger partial charge in [0.15, 0.2) is 5.13 Å². The molecule has 2 aromatic heterocycles. The Morgan fingerprint density at radius 3 is 2.60 bits per heavy atom. The highest BCUT2D eigenvalue weighted by Crippen LogP contribution is 2.32. The van der Waals surface area contributed by atoms with Crippen molar-refractivity contribution in [1.82, 2.24) is 14.5 Å². The standard InChI is InChI=1S/C26H24N4O4S/c1-16-7-6-10-22(17(16)2)30(18(3)31)26-27-19(15-35-26)11-12-23-28-21-9-5-4-8-20(21)25(34)29(23)14-13-24(32)33/h4-12,15H,13-14H2,1-3H3,(H,32,33)/b12-11+. The highest BCUT2D eigenvalue weighted by Gasteiger charge is 2.20. The monoisotopic (exact) mass is 488 g/mol. The van der Waals surface area contributed by atoms with E-state index in [-0.39, 0.29) is 24.4 Å². The molecule has 9 heteroatoms. The molecular weight excluding hydrogens is 464 g/mol. The van der Waals surface area contributed by atoms with Gasteiger partial charge in [-0.15, -0.1) is 11.3 Å². The van der Waals surface area contributed by atoms with Gasteiger partial charge in [0.1, 0.15) is 5.82 Å². The zero-order chi connectivity index (χ0) is 25.1. The summed E-state index contributed by atoms with van der Waals surface area (Å²) >= 11 is 1.33. The summed E-state index contributed by atoms with van der Waals surface area (Å²) in [6, 6.07) is 12.7. The lowest BCUT2D eigenvalue weighted by Gasteiger charge is -2.21. The Morgan fingerprint density at radius 1 is 1.09 bits per heavy atom. The summed E-state index contributed by atoms with van der Waals surface area (Å²) in [5.41, 5.74) is 3.67. The molecule has 2 heterocycles. The Hall–Kier alpha value is -4.11. The zero-order valence-corrected chi connectivity index (χ0v) is 20.4. The van der Waals surface area contributed by atoms with Gasteiger partial charge >= 0.3 is 5.97 Å². The largest absolute Gasteiger partial charge is 0.481 e. The number of benzene rings is 2. The van der Waals surface area contributed by atoms with Crippen molar-refractivity contribution >= 4 is 57.1 Å². The molecule has 0 saturated heterocycles. The van der Waals surface area contributed by atoms with Gasteiger partial charge in [0, 0.05) is 18.8 Å². The minimum atomic E-state index is -1.00. The summed E-state index contributed by atoms with van der Waals surface area (Å²) in [7, 11) is 0. The van der Waals surface area contributed by atoms with Crippen molar-refractivity contribution in [3.63, 3.8) is 0 Å². The second kappa shape index (κ2) is 10.0. The fourth-order valence-electron chi connectivity index (χ4n) is 3.74. The van der Waals surface area contributed by atoms with Crippen LogP contribution in [-0.2, 0) is 16.1 Å². The lowest BCUT2D eigenvalue weighted by atomic mass is 10.1. The van der Waals surface area contributed by atoms with E-state index in [9.17, 15) is 14.4 Å². The van der Waals surface area contributed by atoms with E-state index in [4.69, 9.17) is 5.11 Å². The molecule has 0 bridgehead atoms. The smallest absolute Gasteiger partial charge is 0.305 e. The number of rotatable bonds is 7. The summed E-state index contributed by atoms with van der Waals surface area (Å²) < 4.78 is 1.36. The van der Waals surface area contributed by atoms with Crippen LogP contribution in [0.25, 0.3) is 23.1 Å². The van der Waals surface area contributed by atoms with E-state index in [0.29, 0.717) is 27.6 Å². The fourth-order valence-corrected chi connectivity index (χ4v) is 4.58. The Balaban J connectivity index is 1.71. The minimum Gasteiger partial charge on any atom is -0.481 e. The van der Waals surface area contributed by atoms with Gasteiger partial charge in [-0.05, 0) is 55.3 Å². The number of amides is 1.